The van der Waals surface area contributed by atoms with Gasteiger partial charge in [-0.1, -0.05) is 168 Å². The molecule has 0 saturated carbocycles. The number of nitrogens with zero attached hydrogens (tertiary/aromatic N) is 3. The minimum absolute atomic E-state index is 0.0489. The highest BCUT2D eigenvalue weighted by atomic mass is 16.5. The summed E-state index contributed by atoms with van der Waals surface area (Å²) in [6.45, 7) is 27.4. The SMILES string of the molecule is [2H]c1c([2H])c([2H])c(-c2cc[n+]3c(c2)-c2cc(C(C)(C)C)cc4c2C32Oc3c(cc(C(C)(C)C)cc3C(C)(C)C)C3N(c5ccc(C(C)(C)CC)cc5-c5ccccc5)c5cccc-4c5N32)c([2H])c1[2H]. The summed E-state index contributed by atoms with van der Waals surface area (Å²) >= 11 is 0. The van der Waals surface area contributed by atoms with Crippen molar-refractivity contribution < 1.29 is 16.2 Å². The van der Waals surface area contributed by atoms with Gasteiger partial charge in [0, 0.05) is 39.9 Å². The minimum Gasteiger partial charge on any atom is -0.410 e. The Bertz CT molecular complexity index is 3330. The maximum atomic E-state index is 9.07. The lowest BCUT2D eigenvalue weighted by Crippen LogP contribution is -2.71. The summed E-state index contributed by atoms with van der Waals surface area (Å²) in [7, 11) is 0. The fraction of sp³-hybridized carbons (Fsp3) is 0.317. The van der Waals surface area contributed by atoms with Gasteiger partial charge in [0.25, 0.3) is 0 Å². The molecule has 0 N–H and O–H groups in total. The van der Waals surface area contributed by atoms with Crippen LogP contribution in [0, 0.1) is 0 Å². The molecule has 4 aliphatic heterocycles. The second kappa shape index (κ2) is 13.5. The Balaban J connectivity index is 1.30. The minimum atomic E-state index is -1.25. The molecule has 4 heteroatoms. The highest BCUT2D eigenvalue weighted by Crippen LogP contribution is 2.68. The van der Waals surface area contributed by atoms with Gasteiger partial charge in [0.05, 0.1) is 29.5 Å². The molecule has 0 radical (unpaired) electrons. The molecule has 0 fully saturated rings. The molecule has 0 bridgehead atoms. The van der Waals surface area contributed by atoms with Crippen LogP contribution in [0.5, 0.6) is 5.75 Å². The van der Waals surface area contributed by atoms with E-state index in [1.807, 2.05) is 18.3 Å². The lowest BCUT2D eigenvalue weighted by atomic mass is 9.77. The summed E-state index contributed by atoms with van der Waals surface area (Å²) < 4.78 is 54.2. The van der Waals surface area contributed by atoms with Crippen LogP contribution in [0.1, 0.15) is 136 Å². The number of ether oxygens (including phenoxy) is 1. The Labute approximate surface area is 388 Å². The molecule has 1 aromatic heterocycles. The molecule has 2 unspecified atom stereocenters. The van der Waals surface area contributed by atoms with Crippen molar-refractivity contribution in [3.63, 3.8) is 0 Å². The van der Waals surface area contributed by atoms with Crippen molar-refractivity contribution in [1.82, 2.24) is 0 Å². The average molecular weight is 846 g/mol. The first kappa shape index (κ1) is 35.2. The topological polar surface area (TPSA) is 19.6 Å². The highest BCUT2D eigenvalue weighted by molar-refractivity contribution is 6.03. The number of para-hydroxylation sites is 1. The van der Waals surface area contributed by atoms with Gasteiger partial charge < -0.3 is 9.64 Å². The quantitative estimate of drug-likeness (QED) is 0.161. The van der Waals surface area contributed by atoms with E-state index in [-0.39, 0.29) is 57.6 Å². The molecule has 5 heterocycles. The zero-order valence-electron chi connectivity index (χ0n) is 44.4. The molecular formula is C60H62N3O+. The molecule has 4 nitrogen and oxygen atoms in total. The third-order valence-electron chi connectivity index (χ3n) is 14.6. The predicted molar refractivity (Wildman–Crippen MR) is 266 cm³/mol. The van der Waals surface area contributed by atoms with Crippen molar-refractivity contribution >= 4 is 17.1 Å². The molecule has 6 aromatic carbocycles. The van der Waals surface area contributed by atoms with E-state index in [0.717, 1.165) is 85.0 Å². The van der Waals surface area contributed by atoms with Crippen molar-refractivity contribution in [2.45, 2.75) is 123 Å². The number of pyridine rings is 1. The van der Waals surface area contributed by atoms with E-state index in [2.05, 4.69) is 188 Å². The summed E-state index contributed by atoms with van der Waals surface area (Å²) in [6, 6.07) is 36.5. The molecule has 2 atom stereocenters. The zero-order chi connectivity index (χ0) is 49.2. The fourth-order valence-electron chi connectivity index (χ4n) is 10.6. The molecule has 0 saturated heterocycles. The van der Waals surface area contributed by atoms with Gasteiger partial charge in [-0.3, -0.25) is 0 Å². The van der Waals surface area contributed by atoms with Crippen molar-refractivity contribution in [2.75, 3.05) is 9.80 Å². The number of anilines is 3. The Hall–Kier alpha value is -6.13. The van der Waals surface area contributed by atoms with Gasteiger partial charge in [-0.25, -0.2) is 4.90 Å². The third kappa shape index (κ3) is 5.69. The Morgan fingerprint density at radius 3 is 1.98 bits per heavy atom. The maximum Gasteiger partial charge on any atom is 0.432 e. The molecular weight excluding hydrogens is 779 g/mol. The van der Waals surface area contributed by atoms with Crippen LogP contribution in [-0.4, -0.2) is 0 Å². The third-order valence-corrected chi connectivity index (χ3v) is 14.6. The number of rotatable bonds is 5. The van der Waals surface area contributed by atoms with Crippen LogP contribution < -0.4 is 19.1 Å². The lowest BCUT2D eigenvalue weighted by Gasteiger charge is -2.49. The van der Waals surface area contributed by atoms with Gasteiger partial charge in [0.1, 0.15) is 17.5 Å². The average Bonchev–Trinajstić information content (AvgIpc) is 3.80. The van der Waals surface area contributed by atoms with E-state index in [1.165, 1.54) is 11.1 Å². The molecule has 64 heavy (non-hydrogen) atoms. The molecule has 322 valence electrons. The molecule has 0 amide bonds. The number of aromatic nitrogens is 1. The number of hydrogen-bond donors (Lipinski definition) is 0. The van der Waals surface area contributed by atoms with Crippen LogP contribution in [0.3, 0.4) is 0 Å². The van der Waals surface area contributed by atoms with E-state index in [4.69, 9.17) is 11.6 Å². The Kier molecular flexibility index (Phi) is 7.41. The number of fused-ring (bicyclic) bond motifs is 5. The molecule has 4 aliphatic rings. The Morgan fingerprint density at radius 1 is 0.609 bits per heavy atom. The molecule has 1 spiro atoms. The van der Waals surface area contributed by atoms with Crippen molar-refractivity contribution in [2.24, 2.45) is 0 Å². The first-order valence-corrected chi connectivity index (χ1v) is 23.0. The van der Waals surface area contributed by atoms with Gasteiger partial charge in [0.2, 0.25) is 5.69 Å². The first-order valence-electron chi connectivity index (χ1n) is 25.5. The predicted octanol–water partition coefficient (Wildman–Crippen LogP) is 15.3. The van der Waals surface area contributed by atoms with Crippen LogP contribution >= 0.6 is 0 Å². The molecule has 7 aromatic rings. The number of benzene rings is 6. The smallest absolute Gasteiger partial charge is 0.410 e. The van der Waals surface area contributed by atoms with Gasteiger partial charge in [0.15, 0.2) is 6.20 Å². The van der Waals surface area contributed by atoms with E-state index in [9.17, 15) is 0 Å². The summed E-state index contributed by atoms with van der Waals surface area (Å²) in [5, 5.41) is 0. The largest absolute Gasteiger partial charge is 0.432 e. The van der Waals surface area contributed by atoms with Crippen molar-refractivity contribution in [3.05, 3.63) is 173 Å². The van der Waals surface area contributed by atoms with Crippen LogP contribution in [0.25, 0.3) is 44.6 Å². The maximum absolute atomic E-state index is 9.07. The van der Waals surface area contributed by atoms with Crippen LogP contribution in [-0.2, 0) is 27.5 Å². The van der Waals surface area contributed by atoms with Crippen LogP contribution in [0.2, 0.25) is 0 Å². The number of hydrogen-bond acceptors (Lipinski definition) is 3. The van der Waals surface area contributed by atoms with Gasteiger partial charge in [-0.05, 0) is 97.9 Å². The van der Waals surface area contributed by atoms with Crippen LogP contribution in [0.4, 0.5) is 17.1 Å². The summed E-state index contributed by atoms with van der Waals surface area (Å²) in [5.41, 5.74) is 16.5. The molecule has 0 aliphatic carbocycles. The van der Waals surface area contributed by atoms with E-state index < -0.39 is 11.9 Å². The lowest BCUT2D eigenvalue weighted by molar-refractivity contribution is -0.774. The first-order chi connectivity index (χ1) is 32.4. The van der Waals surface area contributed by atoms with Crippen molar-refractivity contribution in [1.29, 1.82) is 0 Å². The Morgan fingerprint density at radius 2 is 1.30 bits per heavy atom. The van der Waals surface area contributed by atoms with Gasteiger partial charge in [-0.15, -0.1) is 4.57 Å². The van der Waals surface area contributed by atoms with E-state index in [1.54, 1.807) is 0 Å². The van der Waals surface area contributed by atoms with Gasteiger partial charge in [-0.2, -0.15) is 0 Å². The zero-order valence-corrected chi connectivity index (χ0v) is 39.4. The van der Waals surface area contributed by atoms with E-state index in [0.29, 0.717) is 5.56 Å². The summed E-state index contributed by atoms with van der Waals surface area (Å²) in [4.78, 5) is 5.13. The van der Waals surface area contributed by atoms with Gasteiger partial charge >= 0.3 is 5.85 Å². The van der Waals surface area contributed by atoms with Crippen molar-refractivity contribution in [3.8, 4) is 50.4 Å². The molecule has 11 rings (SSSR count). The standard InChI is InChI=1S/C60H62N3O/c1-13-59(11,12)40-27-28-49(44(32-40)38-23-18-15-19-24-38)62-50-26-20-25-43-45-33-41(56(2,3)4)34-46-51-31-39(37-21-16-14-17-22-37)29-30-61(51)60(52(45)46)63(53(43)50)55(62)47-35-42(57(5,6)7)36-48(54(47)64-60)58(8,9)10/h14-36,55H,13H2,1-12H3/q+1/i14D,16D,17D,21D,22D. The summed E-state index contributed by atoms with van der Waals surface area (Å²) in [6.07, 6.45) is 2.64. The fourth-order valence-corrected chi connectivity index (χ4v) is 10.6. The van der Waals surface area contributed by atoms with Crippen LogP contribution in [0.15, 0.2) is 140 Å². The second-order valence-electron chi connectivity index (χ2n) is 22.1. The summed E-state index contributed by atoms with van der Waals surface area (Å²) in [5.74, 6) is -0.389. The highest BCUT2D eigenvalue weighted by Gasteiger charge is 2.70. The second-order valence-corrected chi connectivity index (χ2v) is 22.1. The normalized spacial score (nSPS) is 19.1. The van der Waals surface area contributed by atoms with E-state index >= 15 is 0 Å². The monoisotopic (exact) mass is 846 g/mol.